The molecule has 0 aliphatic carbocycles. The maximum Gasteiger partial charge on any atom is 0.411 e. The minimum atomic E-state index is -4.43. The van der Waals surface area contributed by atoms with Gasteiger partial charge in [0.1, 0.15) is 12.7 Å². The molecule has 0 bridgehead atoms. The third-order valence-corrected chi connectivity index (χ3v) is 1.50. The molecule has 2 N–H and O–H groups in total. The zero-order chi connectivity index (χ0) is 11.9. The summed E-state index contributed by atoms with van der Waals surface area (Å²) in [6.07, 6.45) is -5.22. The standard InChI is InChI=1S/C8H14F3NO3/c1-6(15-5-8(9,10)11)7(14)12-3-2-4-13/h6,13H,2-5H2,1H3,(H,12,14). The van der Waals surface area contributed by atoms with Gasteiger partial charge < -0.3 is 15.2 Å². The van der Waals surface area contributed by atoms with Crippen LogP contribution in [0, 0.1) is 0 Å². The monoisotopic (exact) mass is 229 g/mol. The molecule has 0 aromatic rings. The molecule has 1 unspecified atom stereocenters. The van der Waals surface area contributed by atoms with Crippen LogP contribution in [0.25, 0.3) is 0 Å². The minimum Gasteiger partial charge on any atom is -0.396 e. The van der Waals surface area contributed by atoms with Crippen molar-refractivity contribution in [2.24, 2.45) is 0 Å². The van der Waals surface area contributed by atoms with E-state index in [4.69, 9.17) is 5.11 Å². The maximum atomic E-state index is 11.7. The Morgan fingerprint density at radius 2 is 2.13 bits per heavy atom. The van der Waals surface area contributed by atoms with Crippen molar-refractivity contribution in [2.45, 2.75) is 25.6 Å². The molecule has 0 spiro atoms. The fourth-order valence-electron chi connectivity index (χ4n) is 0.730. The van der Waals surface area contributed by atoms with Crippen LogP contribution in [-0.4, -0.2) is 43.1 Å². The molecular weight excluding hydrogens is 215 g/mol. The van der Waals surface area contributed by atoms with Gasteiger partial charge in [-0.1, -0.05) is 0 Å². The Balaban J connectivity index is 3.70. The summed E-state index contributed by atoms with van der Waals surface area (Å²) in [5, 5.41) is 10.7. The minimum absolute atomic E-state index is 0.0852. The number of ether oxygens (including phenoxy) is 1. The Labute approximate surface area is 85.4 Å². The van der Waals surface area contributed by atoms with Gasteiger partial charge in [-0.05, 0) is 13.3 Å². The quantitative estimate of drug-likeness (QED) is 0.650. The summed E-state index contributed by atoms with van der Waals surface area (Å²) in [6, 6.07) is 0. The summed E-state index contributed by atoms with van der Waals surface area (Å²) in [6.45, 7) is -0.0747. The van der Waals surface area contributed by atoms with Gasteiger partial charge in [-0.15, -0.1) is 0 Å². The average molecular weight is 229 g/mol. The molecule has 0 aliphatic heterocycles. The molecule has 1 amide bonds. The molecule has 0 aliphatic rings. The number of rotatable bonds is 6. The highest BCUT2D eigenvalue weighted by molar-refractivity contribution is 5.80. The number of aliphatic hydroxyl groups is 1. The second kappa shape index (κ2) is 6.62. The van der Waals surface area contributed by atoms with Crippen LogP contribution >= 0.6 is 0 Å². The number of alkyl halides is 3. The van der Waals surface area contributed by atoms with E-state index in [1.165, 1.54) is 6.92 Å². The van der Waals surface area contributed by atoms with Gasteiger partial charge in [0.05, 0.1) is 0 Å². The molecule has 1 atom stereocenters. The van der Waals surface area contributed by atoms with Crippen LogP contribution in [0.15, 0.2) is 0 Å². The summed E-state index contributed by atoms with van der Waals surface area (Å²) >= 11 is 0. The number of amides is 1. The lowest BCUT2D eigenvalue weighted by atomic mass is 10.3. The van der Waals surface area contributed by atoms with E-state index >= 15 is 0 Å². The van der Waals surface area contributed by atoms with Gasteiger partial charge >= 0.3 is 6.18 Å². The highest BCUT2D eigenvalue weighted by Gasteiger charge is 2.29. The van der Waals surface area contributed by atoms with E-state index in [2.05, 4.69) is 10.1 Å². The Kier molecular flexibility index (Phi) is 6.26. The van der Waals surface area contributed by atoms with Gasteiger partial charge in [0, 0.05) is 13.2 Å². The van der Waals surface area contributed by atoms with E-state index < -0.39 is 24.8 Å². The lowest BCUT2D eigenvalue weighted by Gasteiger charge is -2.14. The van der Waals surface area contributed by atoms with E-state index in [0.717, 1.165) is 0 Å². The average Bonchev–Trinajstić information content (AvgIpc) is 2.13. The third-order valence-electron chi connectivity index (χ3n) is 1.50. The summed E-state index contributed by atoms with van der Waals surface area (Å²) < 4.78 is 39.4. The van der Waals surface area contributed by atoms with Gasteiger partial charge in [0.25, 0.3) is 0 Å². The Morgan fingerprint density at radius 1 is 1.53 bits per heavy atom. The predicted molar refractivity (Wildman–Crippen MR) is 46.2 cm³/mol. The number of carbonyl (C=O) groups excluding carboxylic acids is 1. The molecule has 0 heterocycles. The first-order chi connectivity index (χ1) is 6.87. The number of hydrogen-bond donors (Lipinski definition) is 2. The zero-order valence-electron chi connectivity index (χ0n) is 8.30. The van der Waals surface area contributed by atoms with Crippen molar-refractivity contribution in [3.8, 4) is 0 Å². The molecule has 4 nitrogen and oxygen atoms in total. The van der Waals surface area contributed by atoms with Gasteiger partial charge in [-0.2, -0.15) is 13.2 Å². The van der Waals surface area contributed by atoms with Crippen LogP contribution < -0.4 is 5.32 Å². The summed E-state index contributed by atoms with van der Waals surface area (Å²) in [4.78, 5) is 11.0. The fourth-order valence-corrected chi connectivity index (χ4v) is 0.730. The molecule has 0 rings (SSSR count). The zero-order valence-corrected chi connectivity index (χ0v) is 8.30. The molecule has 0 aromatic heterocycles. The summed E-state index contributed by atoms with van der Waals surface area (Å²) in [5.41, 5.74) is 0. The van der Waals surface area contributed by atoms with E-state index in [1.54, 1.807) is 0 Å². The second-order valence-corrected chi connectivity index (χ2v) is 2.94. The van der Waals surface area contributed by atoms with E-state index in [1.807, 2.05) is 0 Å². The van der Waals surface area contributed by atoms with Crippen molar-refractivity contribution < 1.29 is 27.8 Å². The Morgan fingerprint density at radius 3 is 2.60 bits per heavy atom. The van der Waals surface area contributed by atoms with Crippen molar-refractivity contribution in [3.05, 3.63) is 0 Å². The van der Waals surface area contributed by atoms with Gasteiger partial charge in [0.2, 0.25) is 5.91 Å². The van der Waals surface area contributed by atoms with Crippen molar-refractivity contribution in [1.82, 2.24) is 5.32 Å². The highest BCUT2D eigenvalue weighted by Crippen LogP contribution is 2.15. The topological polar surface area (TPSA) is 58.6 Å². The smallest absolute Gasteiger partial charge is 0.396 e. The number of halogens is 3. The summed E-state index contributed by atoms with van der Waals surface area (Å²) in [5.74, 6) is -0.618. The molecule has 0 fully saturated rings. The van der Waals surface area contributed by atoms with Crippen molar-refractivity contribution in [3.63, 3.8) is 0 Å². The predicted octanol–water partition coefficient (Wildman–Crippen LogP) is 0.452. The normalized spacial score (nSPS) is 13.7. The van der Waals surface area contributed by atoms with Crippen molar-refractivity contribution >= 4 is 5.91 Å². The number of carbonyl (C=O) groups is 1. The first-order valence-electron chi connectivity index (χ1n) is 4.43. The van der Waals surface area contributed by atoms with Crippen LogP contribution in [-0.2, 0) is 9.53 Å². The van der Waals surface area contributed by atoms with E-state index in [9.17, 15) is 18.0 Å². The number of hydrogen-bond acceptors (Lipinski definition) is 3. The molecule has 0 aromatic carbocycles. The molecular formula is C8H14F3NO3. The number of nitrogens with one attached hydrogen (secondary N) is 1. The molecule has 0 saturated carbocycles. The van der Waals surface area contributed by atoms with E-state index in [-0.39, 0.29) is 13.2 Å². The highest BCUT2D eigenvalue weighted by atomic mass is 19.4. The first kappa shape index (κ1) is 14.2. The Bertz CT molecular complexity index is 196. The van der Waals surface area contributed by atoms with Crippen molar-refractivity contribution in [2.75, 3.05) is 19.8 Å². The Hall–Kier alpha value is -0.820. The number of aliphatic hydroxyl groups excluding tert-OH is 1. The lowest BCUT2D eigenvalue weighted by Crippen LogP contribution is -2.37. The maximum absolute atomic E-state index is 11.7. The first-order valence-corrected chi connectivity index (χ1v) is 4.43. The molecule has 7 heteroatoms. The third kappa shape index (κ3) is 8.19. The van der Waals surface area contributed by atoms with E-state index in [0.29, 0.717) is 6.42 Å². The molecule has 90 valence electrons. The fraction of sp³-hybridized carbons (Fsp3) is 0.875. The van der Waals surface area contributed by atoms with Crippen LogP contribution in [0.3, 0.4) is 0 Å². The van der Waals surface area contributed by atoms with Crippen LogP contribution in [0.5, 0.6) is 0 Å². The van der Waals surface area contributed by atoms with Gasteiger partial charge in [-0.3, -0.25) is 4.79 Å². The second-order valence-electron chi connectivity index (χ2n) is 2.94. The summed E-state index contributed by atoms with van der Waals surface area (Å²) in [7, 11) is 0. The molecule has 0 radical (unpaired) electrons. The largest absolute Gasteiger partial charge is 0.411 e. The van der Waals surface area contributed by atoms with Crippen LogP contribution in [0.1, 0.15) is 13.3 Å². The SMILES string of the molecule is CC(OCC(F)(F)F)C(=O)NCCCO. The van der Waals surface area contributed by atoms with Crippen molar-refractivity contribution in [1.29, 1.82) is 0 Å². The van der Waals surface area contributed by atoms with Crippen LogP contribution in [0.2, 0.25) is 0 Å². The van der Waals surface area contributed by atoms with Crippen LogP contribution in [0.4, 0.5) is 13.2 Å². The van der Waals surface area contributed by atoms with Gasteiger partial charge in [-0.25, -0.2) is 0 Å². The molecule has 0 saturated heterocycles. The van der Waals surface area contributed by atoms with Gasteiger partial charge in [0.15, 0.2) is 0 Å². The lowest BCUT2D eigenvalue weighted by molar-refractivity contribution is -0.185. The molecule has 15 heavy (non-hydrogen) atoms.